The fourth-order valence-electron chi connectivity index (χ4n) is 1.93. The lowest BCUT2D eigenvalue weighted by molar-refractivity contribution is 0.0991. The first-order valence-corrected chi connectivity index (χ1v) is 6.62. The lowest BCUT2D eigenvalue weighted by Gasteiger charge is -2.08. The van der Waals surface area contributed by atoms with E-state index in [1.807, 2.05) is 0 Å². The number of hydrogen-bond acceptors (Lipinski definition) is 3. The SMILES string of the molecule is COc1cc(OC)cc(C(=O)Cc2cccc(Cl)c2F)c1. The van der Waals surface area contributed by atoms with Crippen LogP contribution in [0.25, 0.3) is 0 Å². The summed E-state index contributed by atoms with van der Waals surface area (Å²) in [7, 11) is 3.00. The van der Waals surface area contributed by atoms with Gasteiger partial charge in [-0.2, -0.15) is 0 Å². The normalized spacial score (nSPS) is 10.3. The van der Waals surface area contributed by atoms with Crippen molar-refractivity contribution in [3.05, 3.63) is 58.4 Å². The van der Waals surface area contributed by atoms with Gasteiger partial charge in [0.1, 0.15) is 17.3 Å². The standard InChI is InChI=1S/C16H14ClFO3/c1-20-12-6-11(7-13(9-12)21-2)15(19)8-10-4-3-5-14(17)16(10)18/h3-7,9H,8H2,1-2H3. The summed E-state index contributed by atoms with van der Waals surface area (Å²) in [6.07, 6.45) is -0.0806. The third-order valence-electron chi connectivity index (χ3n) is 3.06. The fourth-order valence-corrected chi connectivity index (χ4v) is 2.12. The van der Waals surface area contributed by atoms with Crippen LogP contribution in [0, 0.1) is 5.82 Å². The Morgan fingerprint density at radius 1 is 1.14 bits per heavy atom. The van der Waals surface area contributed by atoms with E-state index in [2.05, 4.69) is 0 Å². The van der Waals surface area contributed by atoms with Crippen LogP contribution in [0.5, 0.6) is 11.5 Å². The van der Waals surface area contributed by atoms with Gasteiger partial charge in [-0.25, -0.2) is 4.39 Å². The molecule has 21 heavy (non-hydrogen) atoms. The minimum Gasteiger partial charge on any atom is -0.497 e. The quantitative estimate of drug-likeness (QED) is 0.785. The molecule has 0 saturated carbocycles. The number of carbonyl (C=O) groups is 1. The summed E-state index contributed by atoms with van der Waals surface area (Å²) >= 11 is 5.71. The van der Waals surface area contributed by atoms with E-state index < -0.39 is 5.82 Å². The zero-order chi connectivity index (χ0) is 15.4. The third kappa shape index (κ3) is 3.52. The minimum absolute atomic E-state index is 0.00326. The smallest absolute Gasteiger partial charge is 0.167 e. The van der Waals surface area contributed by atoms with Gasteiger partial charge in [-0.3, -0.25) is 4.79 Å². The van der Waals surface area contributed by atoms with E-state index in [-0.39, 0.29) is 22.8 Å². The lowest BCUT2D eigenvalue weighted by atomic mass is 10.0. The number of halogens is 2. The molecule has 3 nitrogen and oxygen atoms in total. The number of Topliss-reactive ketones (excluding diaryl/α,β-unsaturated/α-hetero) is 1. The number of carbonyl (C=O) groups excluding carboxylic acids is 1. The Balaban J connectivity index is 2.30. The first-order chi connectivity index (χ1) is 10.0. The summed E-state index contributed by atoms with van der Waals surface area (Å²) in [6, 6.07) is 9.44. The van der Waals surface area contributed by atoms with E-state index in [1.165, 1.54) is 26.4 Å². The molecule has 2 aromatic rings. The van der Waals surface area contributed by atoms with Crippen molar-refractivity contribution >= 4 is 17.4 Å². The molecule has 0 aromatic heterocycles. The van der Waals surface area contributed by atoms with Crippen molar-refractivity contribution in [2.75, 3.05) is 14.2 Å². The van der Waals surface area contributed by atoms with Crippen LogP contribution in [0.2, 0.25) is 5.02 Å². The van der Waals surface area contributed by atoms with Crippen molar-refractivity contribution in [2.45, 2.75) is 6.42 Å². The number of rotatable bonds is 5. The second-order valence-corrected chi connectivity index (χ2v) is 4.82. The number of benzene rings is 2. The van der Waals surface area contributed by atoms with Gasteiger partial charge in [0.15, 0.2) is 5.78 Å². The van der Waals surface area contributed by atoms with Crippen molar-refractivity contribution in [2.24, 2.45) is 0 Å². The van der Waals surface area contributed by atoms with E-state index in [1.54, 1.807) is 24.3 Å². The molecule has 0 aliphatic heterocycles. The van der Waals surface area contributed by atoms with E-state index >= 15 is 0 Å². The van der Waals surface area contributed by atoms with Gasteiger partial charge in [-0.15, -0.1) is 0 Å². The second kappa shape index (κ2) is 6.59. The van der Waals surface area contributed by atoms with Gasteiger partial charge in [0.05, 0.1) is 19.2 Å². The van der Waals surface area contributed by atoms with Gasteiger partial charge in [0, 0.05) is 18.1 Å². The Morgan fingerprint density at radius 2 is 1.76 bits per heavy atom. The summed E-state index contributed by atoms with van der Waals surface area (Å²) in [5.74, 6) is 0.198. The van der Waals surface area contributed by atoms with E-state index in [9.17, 15) is 9.18 Å². The summed E-state index contributed by atoms with van der Waals surface area (Å²) in [5.41, 5.74) is 0.653. The lowest BCUT2D eigenvalue weighted by Crippen LogP contribution is -2.06. The molecular formula is C16H14ClFO3. The average molecular weight is 309 g/mol. The average Bonchev–Trinajstić information content (AvgIpc) is 2.51. The molecule has 0 spiro atoms. The Hall–Kier alpha value is -2.07. The van der Waals surface area contributed by atoms with Gasteiger partial charge >= 0.3 is 0 Å². The summed E-state index contributed by atoms with van der Waals surface area (Å²) < 4.78 is 24.1. The predicted molar refractivity (Wildman–Crippen MR) is 79.0 cm³/mol. The molecule has 0 N–H and O–H groups in total. The van der Waals surface area contributed by atoms with Gasteiger partial charge in [-0.05, 0) is 23.8 Å². The summed E-state index contributed by atoms with van der Waals surface area (Å²) in [5, 5.41) is 0.00326. The molecule has 0 atom stereocenters. The maximum Gasteiger partial charge on any atom is 0.167 e. The van der Waals surface area contributed by atoms with Crippen molar-refractivity contribution in [3.8, 4) is 11.5 Å². The van der Waals surface area contributed by atoms with E-state index in [4.69, 9.17) is 21.1 Å². The van der Waals surface area contributed by atoms with Crippen molar-refractivity contribution in [3.63, 3.8) is 0 Å². The van der Waals surface area contributed by atoms with Gasteiger partial charge < -0.3 is 9.47 Å². The number of ether oxygens (including phenoxy) is 2. The molecular weight excluding hydrogens is 295 g/mol. The van der Waals surface area contributed by atoms with Gasteiger partial charge in [-0.1, -0.05) is 23.7 Å². The van der Waals surface area contributed by atoms with Crippen LogP contribution < -0.4 is 9.47 Å². The Labute approximate surface area is 127 Å². The van der Waals surface area contributed by atoms with Crippen molar-refractivity contribution in [1.82, 2.24) is 0 Å². The zero-order valence-corrected chi connectivity index (χ0v) is 12.4. The number of ketones is 1. The van der Waals surface area contributed by atoms with Crippen molar-refractivity contribution < 1.29 is 18.7 Å². The molecule has 110 valence electrons. The molecule has 0 fully saturated rings. The van der Waals surface area contributed by atoms with Crippen LogP contribution in [-0.2, 0) is 6.42 Å². The first kappa shape index (κ1) is 15.3. The maximum absolute atomic E-state index is 13.8. The highest BCUT2D eigenvalue weighted by Gasteiger charge is 2.14. The van der Waals surface area contributed by atoms with E-state index in [0.29, 0.717) is 17.1 Å². The van der Waals surface area contributed by atoms with Crippen LogP contribution in [0.1, 0.15) is 15.9 Å². The monoisotopic (exact) mass is 308 g/mol. The van der Waals surface area contributed by atoms with Crippen LogP contribution in [0.3, 0.4) is 0 Å². The largest absolute Gasteiger partial charge is 0.497 e. The molecule has 0 bridgehead atoms. The highest BCUT2D eigenvalue weighted by molar-refractivity contribution is 6.30. The van der Waals surface area contributed by atoms with Crippen LogP contribution in [0.4, 0.5) is 4.39 Å². The topological polar surface area (TPSA) is 35.5 Å². The number of hydrogen-bond donors (Lipinski definition) is 0. The summed E-state index contributed by atoms with van der Waals surface area (Å²) in [6.45, 7) is 0. The molecule has 0 aliphatic rings. The van der Waals surface area contributed by atoms with Crippen molar-refractivity contribution in [1.29, 1.82) is 0 Å². The molecule has 0 heterocycles. The highest BCUT2D eigenvalue weighted by atomic mass is 35.5. The van der Waals surface area contributed by atoms with Crippen LogP contribution >= 0.6 is 11.6 Å². The minimum atomic E-state index is -0.567. The van der Waals surface area contributed by atoms with Gasteiger partial charge in [0.2, 0.25) is 0 Å². The second-order valence-electron chi connectivity index (χ2n) is 4.41. The Kier molecular flexibility index (Phi) is 4.81. The van der Waals surface area contributed by atoms with Crippen LogP contribution in [-0.4, -0.2) is 20.0 Å². The maximum atomic E-state index is 13.8. The van der Waals surface area contributed by atoms with Gasteiger partial charge in [0.25, 0.3) is 0 Å². The zero-order valence-electron chi connectivity index (χ0n) is 11.7. The number of methoxy groups -OCH3 is 2. The molecule has 0 aliphatic carbocycles. The first-order valence-electron chi connectivity index (χ1n) is 6.24. The van der Waals surface area contributed by atoms with Crippen LogP contribution in [0.15, 0.2) is 36.4 Å². The molecule has 0 radical (unpaired) electrons. The summed E-state index contributed by atoms with van der Waals surface area (Å²) in [4.78, 5) is 12.3. The Morgan fingerprint density at radius 3 is 2.33 bits per heavy atom. The molecule has 2 rings (SSSR count). The third-order valence-corrected chi connectivity index (χ3v) is 3.35. The van der Waals surface area contributed by atoms with E-state index in [0.717, 1.165) is 0 Å². The molecule has 5 heteroatoms. The highest BCUT2D eigenvalue weighted by Crippen LogP contribution is 2.24. The molecule has 0 saturated heterocycles. The fraction of sp³-hybridized carbons (Fsp3) is 0.188. The Bertz CT molecular complexity index is 648. The molecule has 2 aromatic carbocycles. The predicted octanol–water partition coefficient (Wildman–Crippen LogP) is 3.92. The molecule has 0 unspecified atom stereocenters. The molecule has 0 amide bonds.